The van der Waals surface area contributed by atoms with E-state index in [1.54, 1.807) is 31.4 Å². The molecule has 0 unspecified atom stereocenters. The molecule has 0 aromatic heterocycles. The smallest absolute Gasteiger partial charge is 0.253 e. The lowest BCUT2D eigenvalue weighted by molar-refractivity contribution is 0.0935. The van der Waals surface area contributed by atoms with E-state index in [4.69, 9.17) is 16.3 Å². The van der Waals surface area contributed by atoms with Gasteiger partial charge in [-0.05, 0) is 36.2 Å². The Morgan fingerprint density at radius 2 is 1.86 bits per heavy atom. The van der Waals surface area contributed by atoms with Crippen LogP contribution >= 0.6 is 11.6 Å². The number of methoxy groups -OCH3 is 1. The summed E-state index contributed by atoms with van der Waals surface area (Å²) < 4.78 is 5.14. The van der Waals surface area contributed by atoms with Gasteiger partial charge >= 0.3 is 0 Å². The van der Waals surface area contributed by atoms with Crippen LogP contribution in [0.5, 0.6) is 5.75 Å². The molecule has 0 fully saturated rings. The van der Waals surface area contributed by atoms with Crippen molar-refractivity contribution in [1.29, 1.82) is 0 Å². The van der Waals surface area contributed by atoms with E-state index in [0.717, 1.165) is 17.7 Å². The predicted octanol–water partition coefficient (Wildman–Crippen LogP) is 4.23. The standard InChI is InChI=1S/C17H18ClNO2/c1-3-16(12-8-10-13(21-2)11-9-12)19-17(20)14-6-4-5-7-15(14)18/h4-11,16H,3H2,1-2H3,(H,19,20)/t16-/m1/s1. The Hall–Kier alpha value is -2.00. The topological polar surface area (TPSA) is 38.3 Å². The highest BCUT2D eigenvalue weighted by Crippen LogP contribution is 2.22. The van der Waals surface area contributed by atoms with Gasteiger partial charge in [-0.15, -0.1) is 0 Å². The zero-order valence-electron chi connectivity index (χ0n) is 12.1. The first-order valence-corrected chi connectivity index (χ1v) is 7.22. The first kappa shape index (κ1) is 15.4. The Kier molecular flexibility index (Phi) is 5.23. The highest BCUT2D eigenvalue weighted by atomic mass is 35.5. The number of hydrogen-bond acceptors (Lipinski definition) is 2. The summed E-state index contributed by atoms with van der Waals surface area (Å²) in [4.78, 5) is 12.3. The molecule has 3 nitrogen and oxygen atoms in total. The van der Waals surface area contributed by atoms with Gasteiger partial charge in [0.2, 0.25) is 0 Å². The number of hydrogen-bond donors (Lipinski definition) is 1. The molecule has 1 atom stereocenters. The average Bonchev–Trinajstić information content (AvgIpc) is 2.53. The second-order valence-corrected chi connectivity index (χ2v) is 5.09. The highest BCUT2D eigenvalue weighted by Gasteiger charge is 2.15. The van der Waals surface area contributed by atoms with Crippen LogP contribution in [0.2, 0.25) is 5.02 Å². The lowest BCUT2D eigenvalue weighted by Gasteiger charge is -2.18. The first-order chi connectivity index (χ1) is 10.2. The molecule has 4 heteroatoms. The number of amides is 1. The SMILES string of the molecule is CC[C@@H](NC(=O)c1ccccc1Cl)c1ccc(OC)cc1. The highest BCUT2D eigenvalue weighted by molar-refractivity contribution is 6.33. The van der Waals surface area contributed by atoms with Crippen molar-refractivity contribution in [1.82, 2.24) is 5.32 Å². The first-order valence-electron chi connectivity index (χ1n) is 6.85. The van der Waals surface area contributed by atoms with Gasteiger partial charge in [-0.2, -0.15) is 0 Å². The molecule has 0 heterocycles. The fourth-order valence-electron chi connectivity index (χ4n) is 2.14. The third-order valence-corrected chi connectivity index (χ3v) is 3.68. The van der Waals surface area contributed by atoms with E-state index in [1.807, 2.05) is 31.2 Å². The van der Waals surface area contributed by atoms with Crippen molar-refractivity contribution in [2.24, 2.45) is 0 Å². The van der Waals surface area contributed by atoms with Gasteiger partial charge < -0.3 is 10.1 Å². The van der Waals surface area contributed by atoms with Gasteiger partial charge in [0.05, 0.1) is 23.7 Å². The summed E-state index contributed by atoms with van der Waals surface area (Å²) in [7, 11) is 1.63. The lowest BCUT2D eigenvalue weighted by atomic mass is 10.0. The molecule has 21 heavy (non-hydrogen) atoms. The van der Waals surface area contributed by atoms with Crippen LogP contribution in [0.25, 0.3) is 0 Å². The maximum atomic E-state index is 12.3. The van der Waals surface area contributed by atoms with Crippen LogP contribution in [0, 0.1) is 0 Å². The molecular formula is C17H18ClNO2. The average molecular weight is 304 g/mol. The molecule has 0 bridgehead atoms. The summed E-state index contributed by atoms with van der Waals surface area (Å²) in [5.74, 6) is 0.634. The molecule has 0 aliphatic carbocycles. The number of halogens is 1. The molecule has 0 aliphatic rings. The van der Waals surface area contributed by atoms with Crippen LogP contribution in [0.1, 0.15) is 35.3 Å². The predicted molar refractivity (Wildman–Crippen MR) is 84.9 cm³/mol. The molecule has 2 rings (SSSR count). The van der Waals surface area contributed by atoms with E-state index < -0.39 is 0 Å². The van der Waals surface area contributed by atoms with Crippen LogP contribution in [0.3, 0.4) is 0 Å². The Balaban J connectivity index is 2.15. The van der Waals surface area contributed by atoms with Gasteiger partial charge in [-0.3, -0.25) is 4.79 Å². The fraction of sp³-hybridized carbons (Fsp3) is 0.235. The third kappa shape index (κ3) is 3.76. The molecule has 1 amide bonds. The monoisotopic (exact) mass is 303 g/mol. The van der Waals surface area contributed by atoms with Crippen molar-refractivity contribution in [3.63, 3.8) is 0 Å². The minimum absolute atomic E-state index is 0.0559. The van der Waals surface area contributed by atoms with Gasteiger partial charge in [0.1, 0.15) is 5.75 Å². The molecule has 1 N–H and O–H groups in total. The van der Waals surface area contributed by atoms with Crippen molar-refractivity contribution < 1.29 is 9.53 Å². The number of ether oxygens (including phenoxy) is 1. The number of nitrogens with one attached hydrogen (secondary N) is 1. The van der Waals surface area contributed by atoms with Gasteiger partial charge in [0.25, 0.3) is 5.91 Å². The maximum Gasteiger partial charge on any atom is 0.253 e. The van der Waals surface area contributed by atoms with Crippen LogP contribution in [0.4, 0.5) is 0 Å². The summed E-state index contributed by atoms with van der Waals surface area (Å²) >= 11 is 6.05. The number of carbonyl (C=O) groups excluding carboxylic acids is 1. The Morgan fingerprint density at radius 1 is 1.19 bits per heavy atom. The fourth-order valence-corrected chi connectivity index (χ4v) is 2.36. The molecular weight excluding hydrogens is 286 g/mol. The van der Waals surface area contributed by atoms with E-state index in [0.29, 0.717) is 10.6 Å². The molecule has 2 aromatic rings. The van der Waals surface area contributed by atoms with Crippen LogP contribution in [0.15, 0.2) is 48.5 Å². The Morgan fingerprint density at radius 3 is 2.43 bits per heavy atom. The molecule has 0 saturated heterocycles. The van der Waals surface area contributed by atoms with E-state index in [2.05, 4.69) is 5.32 Å². The van der Waals surface area contributed by atoms with Crippen molar-refractivity contribution in [2.45, 2.75) is 19.4 Å². The van der Waals surface area contributed by atoms with Crippen molar-refractivity contribution >= 4 is 17.5 Å². The van der Waals surface area contributed by atoms with Crippen molar-refractivity contribution in [3.05, 3.63) is 64.7 Å². The van der Waals surface area contributed by atoms with Crippen molar-refractivity contribution in [3.8, 4) is 5.75 Å². The molecule has 0 spiro atoms. The molecule has 110 valence electrons. The van der Waals surface area contributed by atoms with Crippen LogP contribution < -0.4 is 10.1 Å². The minimum atomic E-state index is -0.164. The quantitative estimate of drug-likeness (QED) is 0.897. The summed E-state index contributed by atoms with van der Waals surface area (Å²) in [5.41, 5.74) is 1.53. The van der Waals surface area contributed by atoms with Crippen LogP contribution in [-0.2, 0) is 0 Å². The molecule has 0 aliphatic heterocycles. The Bertz CT molecular complexity index is 610. The Labute approximate surface area is 129 Å². The van der Waals surface area contributed by atoms with Gasteiger partial charge in [-0.25, -0.2) is 0 Å². The van der Waals surface area contributed by atoms with Crippen molar-refractivity contribution in [2.75, 3.05) is 7.11 Å². The minimum Gasteiger partial charge on any atom is -0.497 e. The zero-order valence-corrected chi connectivity index (χ0v) is 12.9. The van der Waals surface area contributed by atoms with Gasteiger partial charge in [0, 0.05) is 0 Å². The summed E-state index contributed by atoms with van der Waals surface area (Å²) in [6.07, 6.45) is 0.794. The van der Waals surface area contributed by atoms with Gasteiger partial charge in [-0.1, -0.05) is 42.8 Å². The summed E-state index contributed by atoms with van der Waals surface area (Å²) in [6.45, 7) is 2.03. The molecule has 0 radical (unpaired) electrons. The van der Waals surface area contributed by atoms with Crippen LogP contribution in [-0.4, -0.2) is 13.0 Å². The van der Waals surface area contributed by atoms with E-state index in [1.165, 1.54) is 0 Å². The van der Waals surface area contributed by atoms with E-state index in [-0.39, 0.29) is 11.9 Å². The molecule has 0 saturated carbocycles. The second kappa shape index (κ2) is 7.14. The normalized spacial score (nSPS) is 11.8. The van der Waals surface area contributed by atoms with E-state index in [9.17, 15) is 4.79 Å². The summed E-state index contributed by atoms with van der Waals surface area (Å²) in [6, 6.07) is 14.7. The second-order valence-electron chi connectivity index (χ2n) is 4.69. The van der Waals surface area contributed by atoms with E-state index >= 15 is 0 Å². The lowest BCUT2D eigenvalue weighted by Crippen LogP contribution is -2.28. The zero-order chi connectivity index (χ0) is 15.2. The number of rotatable bonds is 5. The number of benzene rings is 2. The largest absolute Gasteiger partial charge is 0.497 e. The maximum absolute atomic E-state index is 12.3. The van der Waals surface area contributed by atoms with Gasteiger partial charge in [0.15, 0.2) is 0 Å². The number of carbonyl (C=O) groups is 1. The summed E-state index contributed by atoms with van der Waals surface area (Å²) in [5, 5.41) is 3.47. The molecule has 2 aromatic carbocycles. The third-order valence-electron chi connectivity index (χ3n) is 3.35.